The van der Waals surface area contributed by atoms with Crippen molar-refractivity contribution in [2.75, 3.05) is 0 Å². The van der Waals surface area contributed by atoms with E-state index in [-0.39, 0.29) is 18.1 Å². The van der Waals surface area contributed by atoms with Crippen molar-refractivity contribution in [1.82, 2.24) is 0 Å². The Hall–Kier alpha value is -2.39. The standard InChI is InChI=1S/C16H14O3/c17-11-13-5-1-2-7-15(13)16(19)9-8-12-4-3-6-14(18)10-12/h1-10,17-18H,11H2. The molecular weight excluding hydrogens is 240 g/mol. The molecule has 19 heavy (non-hydrogen) atoms. The average Bonchev–Trinajstić information content (AvgIpc) is 2.45. The maximum atomic E-state index is 12.0. The van der Waals surface area contributed by atoms with Crippen LogP contribution >= 0.6 is 0 Å². The molecule has 0 aromatic heterocycles. The molecule has 2 N–H and O–H groups in total. The first-order valence-corrected chi connectivity index (χ1v) is 5.91. The van der Waals surface area contributed by atoms with Crippen LogP contribution in [0.3, 0.4) is 0 Å². The molecule has 0 unspecified atom stereocenters. The van der Waals surface area contributed by atoms with Crippen LogP contribution in [0.15, 0.2) is 54.6 Å². The van der Waals surface area contributed by atoms with Gasteiger partial charge in [0.15, 0.2) is 5.78 Å². The summed E-state index contributed by atoms with van der Waals surface area (Å²) < 4.78 is 0. The number of aliphatic hydroxyl groups excluding tert-OH is 1. The number of aromatic hydroxyl groups is 1. The molecule has 0 amide bonds. The van der Waals surface area contributed by atoms with E-state index < -0.39 is 0 Å². The van der Waals surface area contributed by atoms with Crippen molar-refractivity contribution >= 4 is 11.9 Å². The summed E-state index contributed by atoms with van der Waals surface area (Å²) in [4.78, 5) is 12.0. The van der Waals surface area contributed by atoms with Crippen LogP contribution in [0.1, 0.15) is 21.5 Å². The minimum absolute atomic E-state index is 0.158. The smallest absolute Gasteiger partial charge is 0.186 e. The van der Waals surface area contributed by atoms with Crippen LogP contribution in [0, 0.1) is 0 Å². The summed E-state index contributed by atoms with van der Waals surface area (Å²) in [6.45, 7) is -0.165. The summed E-state index contributed by atoms with van der Waals surface area (Å²) in [6.07, 6.45) is 3.07. The Kier molecular flexibility index (Phi) is 4.11. The fraction of sp³-hybridized carbons (Fsp3) is 0.0625. The van der Waals surface area contributed by atoms with Crippen molar-refractivity contribution in [3.63, 3.8) is 0 Å². The van der Waals surface area contributed by atoms with Crippen molar-refractivity contribution in [3.05, 3.63) is 71.3 Å². The maximum absolute atomic E-state index is 12.0. The maximum Gasteiger partial charge on any atom is 0.186 e. The van der Waals surface area contributed by atoms with Crippen molar-refractivity contribution in [2.24, 2.45) is 0 Å². The number of ketones is 1. The Morgan fingerprint density at radius 2 is 1.89 bits per heavy atom. The third kappa shape index (κ3) is 3.30. The molecule has 0 spiro atoms. The second kappa shape index (κ2) is 5.98. The summed E-state index contributed by atoms with van der Waals surface area (Å²) in [7, 11) is 0. The van der Waals surface area contributed by atoms with Crippen molar-refractivity contribution in [2.45, 2.75) is 6.61 Å². The third-order valence-electron chi connectivity index (χ3n) is 2.75. The van der Waals surface area contributed by atoms with Gasteiger partial charge in [0.05, 0.1) is 6.61 Å². The zero-order valence-electron chi connectivity index (χ0n) is 10.3. The lowest BCUT2D eigenvalue weighted by Gasteiger charge is -2.02. The average molecular weight is 254 g/mol. The van der Waals surface area contributed by atoms with Gasteiger partial charge in [0.25, 0.3) is 0 Å². The Morgan fingerprint density at radius 1 is 1.11 bits per heavy atom. The molecule has 0 aliphatic rings. The van der Waals surface area contributed by atoms with Crippen molar-refractivity contribution in [1.29, 1.82) is 0 Å². The largest absolute Gasteiger partial charge is 0.508 e. The monoisotopic (exact) mass is 254 g/mol. The van der Waals surface area contributed by atoms with Crippen LogP contribution in [0.4, 0.5) is 0 Å². The Labute approximate surface area is 111 Å². The number of aliphatic hydroxyl groups is 1. The topological polar surface area (TPSA) is 57.5 Å². The van der Waals surface area contributed by atoms with Gasteiger partial charge in [-0.25, -0.2) is 0 Å². The van der Waals surface area contributed by atoms with Crippen LogP contribution in [0.25, 0.3) is 6.08 Å². The number of allylic oxidation sites excluding steroid dienone is 1. The second-order valence-electron chi connectivity index (χ2n) is 4.11. The molecule has 2 aromatic rings. The fourth-order valence-corrected chi connectivity index (χ4v) is 1.79. The van der Waals surface area contributed by atoms with Gasteiger partial charge in [0.1, 0.15) is 5.75 Å². The molecule has 0 heterocycles. The van der Waals surface area contributed by atoms with Gasteiger partial charge in [-0.15, -0.1) is 0 Å². The number of hydrogen-bond acceptors (Lipinski definition) is 3. The minimum Gasteiger partial charge on any atom is -0.508 e. The van der Waals surface area contributed by atoms with Gasteiger partial charge in [-0.3, -0.25) is 4.79 Å². The van der Waals surface area contributed by atoms with Gasteiger partial charge < -0.3 is 10.2 Å². The molecule has 0 saturated carbocycles. The first-order chi connectivity index (χ1) is 9.20. The molecule has 0 radical (unpaired) electrons. The predicted molar refractivity (Wildman–Crippen MR) is 73.8 cm³/mol. The summed E-state index contributed by atoms with van der Waals surface area (Å²) >= 11 is 0. The highest BCUT2D eigenvalue weighted by Gasteiger charge is 2.06. The molecule has 0 aliphatic carbocycles. The zero-order chi connectivity index (χ0) is 13.7. The number of phenols is 1. The molecule has 0 aliphatic heterocycles. The van der Waals surface area contributed by atoms with E-state index >= 15 is 0 Å². The van der Waals surface area contributed by atoms with E-state index in [2.05, 4.69) is 0 Å². The van der Waals surface area contributed by atoms with Gasteiger partial charge in [-0.1, -0.05) is 42.5 Å². The summed E-state index contributed by atoms with van der Waals surface area (Å²) in [6, 6.07) is 13.6. The van der Waals surface area contributed by atoms with E-state index in [1.807, 2.05) is 0 Å². The Morgan fingerprint density at radius 3 is 2.63 bits per heavy atom. The van der Waals surface area contributed by atoms with Gasteiger partial charge in [-0.05, 0) is 29.3 Å². The third-order valence-corrected chi connectivity index (χ3v) is 2.75. The molecule has 2 rings (SSSR count). The Bertz CT molecular complexity index is 615. The molecule has 3 nitrogen and oxygen atoms in total. The zero-order valence-corrected chi connectivity index (χ0v) is 10.3. The quantitative estimate of drug-likeness (QED) is 0.651. The van der Waals surface area contributed by atoms with Gasteiger partial charge in [0, 0.05) is 5.56 Å². The second-order valence-corrected chi connectivity index (χ2v) is 4.11. The first-order valence-electron chi connectivity index (χ1n) is 5.91. The highest BCUT2D eigenvalue weighted by atomic mass is 16.3. The summed E-state index contributed by atoms with van der Waals surface area (Å²) in [5.41, 5.74) is 1.84. The molecule has 2 aromatic carbocycles. The normalized spacial score (nSPS) is 10.8. The van der Waals surface area contributed by atoms with Gasteiger partial charge >= 0.3 is 0 Å². The number of carbonyl (C=O) groups excluding carboxylic acids is 1. The fourth-order valence-electron chi connectivity index (χ4n) is 1.79. The number of phenolic OH excluding ortho intramolecular Hbond substituents is 1. The van der Waals surface area contributed by atoms with Crippen LogP contribution in [0.5, 0.6) is 5.75 Å². The van der Waals surface area contributed by atoms with Crippen LogP contribution in [-0.2, 0) is 6.61 Å². The van der Waals surface area contributed by atoms with E-state index in [1.165, 1.54) is 6.08 Å². The lowest BCUT2D eigenvalue weighted by molar-refractivity contribution is 0.104. The minimum atomic E-state index is -0.173. The van der Waals surface area contributed by atoms with Crippen molar-refractivity contribution < 1.29 is 15.0 Å². The summed E-state index contributed by atoms with van der Waals surface area (Å²) in [5, 5.41) is 18.5. The number of rotatable bonds is 4. The van der Waals surface area contributed by atoms with Crippen LogP contribution in [-0.4, -0.2) is 16.0 Å². The lowest BCUT2D eigenvalue weighted by atomic mass is 10.0. The van der Waals surface area contributed by atoms with Crippen molar-refractivity contribution in [3.8, 4) is 5.75 Å². The highest BCUT2D eigenvalue weighted by Crippen LogP contribution is 2.14. The Balaban J connectivity index is 2.21. The summed E-state index contributed by atoms with van der Waals surface area (Å²) in [5.74, 6) is -0.0154. The van der Waals surface area contributed by atoms with E-state index in [1.54, 1.807) is 54.6 Å². The van der Waals surface area contributed by atoms with Crippen LogP contribution in [0.2, 0.25) is 0 Å². The number of hydrogen-bond donors (Lipinski definition) is 2. The van der Waals surface area contributed by atoms with E-state index in [9.17, 15) is 15.0 Å². The highest BCUT2D eigenvalue weighted by molar-refractivity contribution is 6.07. The van der Waals surface area contributed by atoms with Gasteiger partial charge in [-0.2, -0.15) is 0 Å². The predicted octanol–water partition coefficient (Wildman–Crippen LogP) is 2.78. The van der Waals surface area contributed by atoms with E-state index in [4.69, 9.17) is 0 Å². The number of carbonyl (C=O) groups is 1. The van der Waals surface area contributed by atoms with E-state index in [0.29, 0.717) is 11.1 Å². The SMILES string of the molecule is O=C(C=Cc1cccc(O)c1)c1ccccc1CO. The van der Waals surface area contributed by atoms with E-state index in [0.717, 1.165) is 5.56 Å². The van der Waals surface area contributed by atoms with Gasteiger partial charge in [0.2, 0.25) is 0 Å². The first kappa shape index (κ1) is 13.1. The molecule has 3 heteroatoms. The molecule has 0 fully saturated rings. The lowest BCUT2D eigenvalue weighted by Crippen LogP contribution is -2.00. The van der Waals surface area contributed by atoms with Crippen LogP contribution < -0.4 is 0 Å². The number of benzene rings is 2. The molecular formula is C16H14O3. The molecule has 96 valence electrons. The molecule has 0 atom stereocenters. The molecule has 0 saturated heterocycles. The molecule has 0 bridgehead atoms.